The third-order valence-electron chi connectivity index (χ3n) is 17.8. The Kier molecular flexibility index (Phi) is 51.1. The van der Waals surface area contributed by atoms with Crippen molar-refractivity contribution in [1.82, 2.24) is 5.32 Å². The van der Waals surface area contributed by atoms with Crippen LogP contribution >= 0.6 is 0 Å². The highest BCUT2D eigenvalue weighted by molar-refractivity contribution is 5.76. The van der Waals surface area contributed by atoms with Crippen LogP contribution in [0, 0.1) is 0 Å². The van der Waals surface area contributed by atoms with Crippen LogP contribution in [0.5, 0.6) is 0 Å². The molecule has 17 atom stereocenters. The minimum absolute atomic E-state index is 0.225. The zero-order chi connectivity index (χ0) is 68.9. The summed E-state index contributed by atoms with van der Waals surface area (Å²) in [7, 11) is 0. The van der Waals surface area contributed by atoms with E-state index in [1.807, 2.05) is 6.08 Å². The Morgan fingerprint density at radius 3 is 1.18 bits per heavy atom. The number of rotatable bonds is 56. The normalized spacial score (nSPS) is 27.8. The van der Waals surface area contributed by atoms with E-state index in [0.717, 1.165) is 89.9 Å². The molecule has 3 saturated heterocycles. The van der Waals surface area contributed by atoms with Crippen molar-refractivity contribution in [3.8, 4) is 0 Å². The van der Waals surface area contributed by atoms with Gasteiger partial charge in [0.1, 0.15) is 73.2 Å². The van der Waals surface area contributed by atoms with E-state index in [4.69, 9.17) is 28.4 Å². The van der Waals surface area contributed by atoms with Crippen LogP contribution in [0.4, 0.5) is 0 Å². The van der Waals surface area contributed by atoms with Gasteiger partial charge in [0, 0.05) is 6.42 Å². The molecule has 0 aromatic carbocycles. The fourth-order valence-electron chi connectivity index (χ4n) is 11.9. The van der Waals surface area contributed by atoms with Crippen LogP contribution < -0.4 is 5.32 Å². The van der Waals surface area contributed by atoms with Crippen LogP contribution in [-0.4, -0.2) is 193 Å². The van der Waals surface area contributed by atoms with Crippen LogP contribution in [-0.2, 0) is 33.2 Å². The van der Waals surface area contributed by atoms with E-state index in [1.54, 1.807) is 6.08 Å². The average Bonchev–Trinajstić information content (AvgIpc) is 0.786. The second-order valence-corrected chi connectivity index (χ2v) is 26.0. The molecule has 3 aliphatic heterocycles. The second-order valence-electron chi connectivity index (χ2n) is 26.0. The first kappa shape index (κ1) is 85.9. The average molecular weight is 1350 g/mol. The third-order valence-corrected chi connectivity index (χ3v) is 17.8. The summed E-state index contributed by atoms with van der Waals surface area (Å²) >= 11 is 0. The quantitative estimate of drug-likeness (QED) is 0.0199. The first-order chi connectivity index (χ1) is 46.3. The number of allylic oxidation sites excluding steroid dienone is 15. The molecule has 0 aromatic heterocycles. The van der Waals surface area contributed by atoms with Crippen molar-refractivity contribution >= 4 is 5.91 Å². The lowest BCUT2D eigenvalue weighted by molar-refractivity contribution is -0.379. The molecule has 0 bridgehead atoms. The van der Waals surface area contributed by atoms with Crippen LogP contribution in [0.1, 0.15) is 245 Å². The Bertz CT molecular complexity index is 2100. The lowest BCUT2D eigenvalue weighted by atomic mass is 9.96. The molecule has 3 aliphatic rings. The number of ether oxygens (including phenoxy) is 6. The predicted molar refractivity (Wildman–Crippen MR) is 374 cm³/mol. The highest BCUT2D eigenvalue weighted by atomic mass is 16.8. The molecule has 95 heavy (non-hydrogen) atoms. The molecule has 19 nitrogen and oxygen atoms in total. The summed E-state index contributed by atoms with van der Waals surface area (Å²) < 4.78 is 34.4. The Morgan fingerprint density at radius 2 is 0.737 bits per heavy atom. The molecule has 3 fully saturated rings. The molecule has 0 radical (unpaired) electrons. The van der Waals surface area contributed by atoms with Gasteiger partial charge in [-0.3, -0.25) is 4.79 Å². The molecule has 0 saturated carbocycles. The number of hydrogen-bond acceptors (Lipinski definition) is 18. The number of amides is 1. The predicted octanol–water partition coefficient (Wildman–Crippen LogP) is 10.8. The smallest absolute Gasteiger partial charge is 0.220 e. The summed E-state index contributed by atoms with van der Waals surface area (Å²) in [5, 5.41) is 121. The molecule has 548 valence electrons. The summed E-state index contributed by atoms with van der Waals surface area (Å²) in [6.45, 7) is 1.60. The van der Waals surface area contributed by atoms with Gasteiger partial charge in [0.2, 0.25) is 5.91 Å². The Hall–Kier alpha value is -3.29. The van der Waals surface area contributed by atoms with E-state index in [2.05, 4.69) is 104 Å². The third kappa shape index (κ3) is 37.6. The highest BCUT2D eigenvalue weighted by Gasteiger charge is 2.53. The monoisotopic (exact) mass is 1350 g/mol. The maximum atomic E-state index is 13.4. The molecule has 0 spiro atoms. The van der Waals surface area contributed by atoms with Crippen molar-refractivity contribution in [2.75, 3.05) is 26.4 Å². The molecule has 0 aromatic rings. The van der Waals surface area contributed by atoms with Crippen LogP contribution in [0.2, 0.25) is 0 Å². The number of aliphatic hydroxyl groups excluding tert-OH is 11. The molecule has 0 aliphatic carbocycles. The molecule has 3 heterocycles. The second kappa shape index (κ2) is 56.5. The minimum atomic E-state index is -1.99. The molecule has 3 rings (SSSR count). The van der Waals surface area contributed by atoms with E-state index >= 15 is 0 Å². The van der Waals surface area contributed by atoms with Crippen molar-refractivity contribution < 1.29 is 89.4 Å². The molecule has 12 N–H and O–H groups in total. The van der Waals surface area contributed by atoms with Gasteiger partial charge in [-0.15, -0.1) is 0 Å². The van der Waals surface area contributed by atoms with Gasteiger partial charge in [-0.25, -0.2) is 0 Å². The number of carbonyl (C=O) groups excluding carboxylic acids is 1. The summed E-state index contributed by atoms with van der Waals surface area (Å²) in [6.07, 6.45) is 48.1. The zero-order valence-corrected chi connectivity index (χ0v) is 58.1. The van der Waals surface area contributed by atoms with Gasteiger partial charge in [-0.1, -0.05) is 246 Å². The standard InChI is InChI=1S/C76H131NO18/c1-3-5-7-9-11-13-15-17-19-21-23-25-26-27-28-29-30-31-32-34-36-38-40-42-44-46-48-50-52-54-64(82)77-59(60(81)53-51-49-47-45-43-41-39-37-35-33-24-22-20-18-16-14-12-10-8-6-4-2)58-90-74-70(88)67(85)72(62(56-79)92-74)95-76-71(89)68(86)73(63(57-80)93-76)94-75-69(87)66(84)65(83)61(55-78)91-75/h5,7,11,13,17,19,23,25,27-28,35,37,43,45,51,53,59-63,65-76,78-81,83-89H,3-4,6,8-10,12,14-16,18,20-22,24,26,29-34,36,38-42,44,46-50,52,54-58H2,1-2H3,(H,77,82)/b7-5-,13-11-,19-17-,25-23-,28-27-,37-35+,45-43+,53-51+. The number of nitrogens with one attached hydrogen (secondary N) is 1. The SMILES string of the molecule is CC/C=C\C/C=C\C/C=C\C/C=C\C/C=C\CCCCCCCCCCCCCCCC(=O)NC(COC1OC(CO)C(OC2OC(CO)C(OC3OC(CO)C(O)C(O)C3O)C(O)C2O)C(O)C1O)C(O)/C=C/CC/C=C/CC/C=C/CCCCCCCCCCCCC. The van der Waals surface area contributed by atoms with E-state index in [-0.39, 0.29) is 18.9 Å². The number of unbranched alkanes of at least 4 members (excludes halogenated alkanes) is 26. The van der Waals surface area contributed by atoms with Gasteiger partial charge in [0.05, 0.1) is 38.6 Å². The van der Waals surface area contributed by atoms with Gasteiger partial charge >= 0.3 is 0 Å². The van der Waals surface area contributed by atoms with Crippen molar-refractivity contribution in [1.29, 1.82) is 0 Å². The van der Waals surface area contributed by atoms with Crippen LogP contribution in [0.25, 0.3) is 0 Å². The van der Waals surface area contributed by atoms with Gasteiger partial charge in [-0.2, -0.15) is 0 Å². The van der Waals surface area contributed by atoms with E-state index in [9.17, 15) is 61.0 Å². The van der Waals surface area contributed by atoms with Crippen LogP contribution in [0.3, 0.4) is 0 Å². The fraction of sp³-hybridized carbons (Fsp3) is 0.776. The number of carbonyl (C=O) groups is 1. The molecule has 1 amide bonds. The molecule has 17 unspecified atom stereocenters. The number of aliphatic hydroxyl groups is 11. The first-order valence-corrected chi connectivity index (χ1v) is 37.0. The van der Waals surface area contributed by atoms with E-state index in [0.29, 0.717) is 12.8 Å². The fourth-order valence-corrected chi connectivity index (χ4v) is 11.9. The topological polar surface area (TPSA) is 307 Å². The largest absolute Gasteiger partial charge is 0.394 e. The Balaban J connectivity index is 1.42. The van der Waals surface area contributed by atoms with Crippen molar-refractivity contribution in [3.05, 3.63) is 97.2 Å². The first-order valence-electron chi connectivity index (χ1n) is 37.0. The maximum absolute atomic E-state index is 13.4. The van der Waals surface area contributed by atoms with Gasteiger partial charge in [0.15, 0.2) is 18.9 Å². The minimum Gasteiger partial charge on any atom is -0.394 e. The Morgan fingerprint density at radius 1 is 0.389 bits per heavy atom. The zero-order valence-electron chi connectivity index (χ0n) is 58.1. The molecule has 19 heteroatoms. The maximum Gasteiger partial charge on any atom is 0.220 e. The van der Waals surface area contributed by atoms with Gasteiger partial charge in [-0.05, 0) is 89.9 Å². The van der Waals surface area contributed by atoms with Gasteiger partial charge < -0.3 is 89.9 Å². The van der Waals surface area contributed by atoms with Crippen molar-refractivity contribution in [2.24, 2.45) is 0 Å². The molecular formula is C76H131NO18. The molecular weight excluding hydrogens is 1210 g/mol. The Labute approximate surface area is 571 Å². The summed E-state index contributed by atoms with van der Waals surface area (Å²) in [5.41, 5.74) is 0. The van der Waals surface area contributed by atoms with Crippen molar-refractivity contribution in [2.45, 2.75) is 349 Å². The summed E-state index contributed by atoms with van der Waals surface area (Å²) in [5.74, 6) is -0.293. The van der Waals surface area contributed by atoms with E-state index < -0.39 is 124 Å². The van der Waals surface area contributed by atoms with Crippen LogP contribution in [0.15, 0.2) is 97.2 Å². The lowest BCUT2D eigenvalue weighted by Gasteiger charge is -2.48. The lowest BCUT2D eigenvalue weighted by Crippen LogP contribution is -2.66. The number of hydrogen-bond donors (Lipinski definition) is 12. The highest BCUT2D eigenvalue weighted by Crippen LogP contribution is 2.33. The summed E-state index contributed by atoms with van der Waals surface area (Å²) in [6, 6.07) is -1.00. The summed E-state index contributed by atoms with van der Waals surface area (Å²) in [4.78, 5) is 13.4. The van der Waals surface area contributed by atoms with Gasteiger partial charge in [0.25, 0.3) is 0 Å². The van der Waals surface area contributed by atoms with Crippen molar-refractivity contribution in [3.63, 3.8) is 0 Å². The van der Waals surface area contributed by atoms with E-state index in [1.165, 1.54) is 122 Å².